The molecule has 86 valence electrons. The quantitative estimate of drug-likeness (QED) is 0.797. The molecule has 0 fully saturated rings. The Hall–Kier alpha value is -1.00. The molecule has 0 atom stereocenters. The molecule has 0 radical (unpaired) electrons. The monoisotopic (exact) mass is 258 g/mol. The van der Waals surface area contributed by atoms with Gasteiger partial charge in [0.2, 0.25) is 0 Å². The van der Waals surface area contributed by atoms with E-state index in [0.29, 0.717) is 5.02 Å². The van der Waals surface area contributed by atoms with Crippen molar-refractivity contribution in [3.05, 3.63) is 29.3 Å². The van der Waals surface area contributed by atoms with Crippen LogP contribution in [0, 0.1) is 0 Å². The Bertz CT molecular complexity index is 393. The first-order valence-corrected chi connectivity index (χ1v) is 6.07. The van der Waals surface area contributed by atoms with Gasteiger partial charge in [-0.05, 0) is 12.1 Å². The highest BCUT2D eigenvalue weighted by molar-refractivity contribution is 8.00. The Morgan fingerprint density at radius 3 is 2.56 bits per heavy atom. The lowest BCUT2D eigenvalue weighted by Gasteiger charge is -2.02. The number of aliphatic carboxylic acids is 1. The van der Waals surface area contributed by atoms with E-state index >= 15 is 0 Å². The number of carbonyl (C=O) groups excluding carboxylic acids is 1. The van der Waals surface area contributed by atoms with Crippen molar-refractivity contribution in [3.8, 4) is 0 Å². The maximum Gasteiger partial charge on any atom is 0.303 e. The highest BCUT2D eigenvalue weighted by Gasteiger charge is 2.07. The Morgan fingerprint density at radius 1 is 1.25 bits per heavy atom. The van der Waals surface area contributed by atoms with Crippen LogP contribution < -0.4 is 0 Å². The average molecular weight is 259 g/mol. The predicted molar refractivity (Wildman–Crippen MR) is 64.1 cm³/mol. The third-order valence-corrected chi connectivity index (χ3v) is 3.42. The normalized spacial score (nSPS) is 10.1. The minimum atomic E-state index is -0.948. The lowest BCUT2D eigenvalue weighted by molar-refractivity contribution is -0.138. The summed E-state index contributed by atoms with van der Waals surface area (Å²) in [4.78, 5) is 22.4. The first-order valence-electron chi connectivity index (χ1n) is 4.70. The second-order valence-electron chi connectivity index (χ2n) is 3.15. The van der Waals surface area contributed by atoms with Crippen LogP contribution >= 0.6 is 23.4 Å². The van der Waals surface area contributed by atoms with Crippen molar-refractivity contribution in [2.75, 3.05) is 5.75 Å². The topological polar surface area (TPSA) is 54.4 Å². The molecular formula is C11H11ClO3S. The molecule has 1 aromatic rings. The Morgan fingerprint density at radius 2 is 1.94 bits per heavy atom. The van der Waals surface area contributed by atoms with Gasteiger partial charge in [-0.15, -0.1) is 11.8 Å². The zero-order chi connectivity index (χ0) is 12.0. The van der Waals surface area contributed by atoms with Gasteiger partial charge in [-0.25, -0.2) is 0 Å². The van der Waals surface area contributed by atoms with Gasteiger partial charge >= 0.3 is 5.97 Å². The van der Waals surface area contributed by atoms with Crippen LogP contribution in [0.4, 0.5) is 0 Å². The van der Waals surface area contributed by atoms with Gasteiger partial charge in [0.15, 0.2) is 0 Å². The largest absolute Gasteiger partial charge is 0.481 e. The molecule has 0 spiro atoms. The molecule has 0 unspecified atom stereocenters. The maximum atomic E-state index is 11.3. The van der Waals surface area contributed by atoms with E-state index in [1.807, 2.05) is 18.2 Å². The molecule has 1 rings (SSSR count). The third kappa shape index (κ3) is 4.68. The standard InChI is InChI=1S/C11H11ClO3S/c12-9-3-1-2-4-10(9)16-7-8(13)5-6-11(14)15/h1-4H,5-7H2,(H,14,15). The van der Waals surface area contributed by atoms with Crippen LogP contribution in [0.5, 0.6) is 0 Å². The summed E-state index contributed by atoms with van der Waals surface area (Å²) in [7, 11) is 0. The molecule has 0 aliphatic heterocycles. The highest BCUT2D eigenvalue weighted by atomic mass is 35.5. The van der Waals surface area contributed by atoms with E-state index in [9.17, 15) is 9.59 Å². The van der Waals surface area contributed by atoms with Gasteiger partial charge in [0.05, 0.1) is 17.2 Å². The lowest BCUT2D eigenvalue weighted by atomic mass is 10.2. The summed E-state index contributed by atoms with van der Waals surface area (Å²) in [5.74, 6) is -0.764. The summed E-state index contributed by atoms with van der Waals surface area (Å²) >= 11 is 7.24. The van der Waals surface area contributed by atoms with Gasteiger partial charge in [0.25, 0.3) is 0 Å². The lowest BCUT2D eigenvalue weighted by Crippen LogP contribution is -2.05. The summed E-state index contributed by atoms with van der Waals surface area (Å²) in [6.07, 6.45) is -0.0330. The molecule has 5 heteroatoms. The highest BCUT2D eigenvalue weighted by Crippen LogP contribution is 2.26. The SMILES string of the molecule is O=C(O)CCC(=O)CSc1ccccc1Cl. The molecule has 1 aromatic carbocycles. The number of thioether (sulfide) groups is 1. The van der Waals surface area contributed by atoms with Crippen molar-refractivity contribution in [3.63, 3.8) is 0 Å². The number of Topliss-reactive ketones (excluding diaryl/α,β-unsaturated/α-hetero) is 1. The molecule has 0 saturated carbocycles. The number of hydrogen-bond donors (Lipinski definition) is 1. The van der Waals surface area contributed by atoms with Crippen molar-refractivity contribution < 1.29 is 14.7 Å². The van der Waals surface area contributed by atoms with Crippen LogP contribution in [-0.2, 0) is 9.59 Å². The summed E-state index contributed by atoms with van der Waals surface area (Å²) < 4.78 is 0. The molecule has 0 bridgehead atoms. The van der Waals surface area contributed by atoms with Gasteiger partial charge < -0.3 is 5.11 Å². The summed E-state index contributed by atoms with van der Waals surface area (Å²) in [5, 5.41) is 9.02. The van der Waals surface area contributed by atoms with Gasteiger partial charge in [-0.2, -0.15) is 0 Å². The number of carbonyl (C=O) groups is 2. The van der Waals surface area contributed by atoms with E-state index in [2.05, 4.69) is 0 Å². The van der Waals surface area contributed by atoms with Crippen molar-refractivity contribution in [1.82, 2.24) is 0 Å². The fourth-order valence-electron chi connectivity index (χ4n) is 1.04. The van der Waals surface area contributed by atoms with Crippen molar-refractivity contribution in [2.45, 2.75) is 17.7 Å². The summed E-state index contributed by atoms with van der Waals surface area (Å²) in [6, 6.07) is 7.25. The van der Waals surface area contributed by atoms with E-state index in [1.54, 1.807) is 6.07 Å². The minimum Gasteiger partial charge on any atom is -0.481 e. The molecule has 0 saturated heterocycles. The second-order valence-corrected chi connectivity index (χ2v) is 4.58. The summed E-state index contributed by atoms with van der Waals surface area (Å²) in [5.41, 5.74) is 0. The number of hydrogen-bond acceptors (Lipinski definition) is 3. The fraction of sp³-hybridized carbons (Fsp3) is 0.273. The Labute approximate surface area is 103 Å². The van der Waals surface area contributed by atoms with E-state index in [4.69, 9.17) is 16.7 Å². The molecule has 16 heavy (non-hydrogen) atoms. The Balaban J connectivity index is 2.37. The zero-order valence-electron chi connectivity index (χ0n) is 8.48. The first kappa shape index (κ1) is 13.1. The third-order valence-electron chi connectivity index (χ3n) is 1.84. The van der Waals surface area contributed by atoms with E-state index < -0.39 is 5.97 Å². The van der Waals surface area contributed by atoms with Crippen molar-refractivity contribution in [2.24, 2.45) is 0 Å². The molecule has 3 nitrogen and oxygen atoms in total. The average Bonchev–Trinajstić information content (AvgIpc) is 2.25. The number of carboxylic acids is 1. The second kappa shape index (κ2) is 6.55. The van der Waals surface area contributed by atoms with Gasteiger partial charge in [0, 0.05) is 11.3 Å². The van der Waals surface area contributed by atoms with Crippen LogP contribution in [0.25, 0.3) is 0 Å². The fourth-order valence-corrected chi connectivity index (χ4v) is 2.18. The Kier molecular flexibility index (Phi) is 5.35. The van der Waals surface area contributed by atoms with Crippen molar-refractivity contribution >= 4 is 35.1 Å². The molecule has 0 aliphatic carbocycles. The smallest absolute Gasteiger partial charge is 0.303 e. The molecule has 1 N–H and O–H groups in total. The molecular weight excluding hydrogens is 248 g/mol. The van der Waals surface area contributed by atoms with E-state index in [0.717, 1.165) is 4.90 Å². The number of benzene rings is 1. The van der Waals surface area contributed by atoms with E-state index in [1.165, 1.54) is 11.8 Å². The van der Waals surface area contributed by atoms with Crippen LogP contribution in [0.15, 0.2) is 29.2 Å². The molecule has 0 aliphatic rings. The number of halogens is 1. The summed E-state index contributed by atoms with van der Waals surface area (Å²) in [6.45, 7) is 0. The maximum absolute atomic E-state index is 11.3. The minimum absolute atomic E-state index is 0.0762. The van der Waals surface area contributed by atoms with Crippen LogP contribution in [-0.4, -0.2) is 22.6 Å². The number of ketones is 1. The van der Waals surface area contributed by atoms with Crippen LogP contribution in [0.2, 0.25) is 5.02 Å². The predicted octanol–water partition coefficient (Wildman–Crippen LogP) is 2.87. The van der Waals surface area contributed by atoms with Gasteiger partial charge in [0.1, 0.15) is 5.78 Å². The van der Waals surface area contributed by atoms with Gasteiger partial charge in [-0.3, -0.25) is 9.59 Å². The molecule has 0 aromatic heterocycles. The van der Waals surface area contributed by atoms with E-state index in [-0.39, 0.29) is 24.4 Å². The number of rotatable bonds is 6. The zero-order valence-corrected chi connectivity index (χ0v) is 10.1. The van der Waals surface area contributed by atoms with Gasteiger partial charge in [-0.1, -0.05) is 23.7 Å². The first-order chi connectivity index (χ1) is 7.59. The molecule has 0 heterocycles. The van der Waals surface area contributed by atoms with Crippen LogP contribution in [0.3, 0.4) is 0 Å². The van der Waals surface area contributed by atoms with Crippen LogP contribution in [0.1, 0.15) is 12.8 Å². The van der Waals surface area contributed by atoms with Crippen molar-refractivity contribution in [1.29, 1.82) is 0 Å². The number of carboxylic acid groups (broad SMARTS) is 1. The molecule has 0 amide bonds.